The number of hydrogen-bond acceptors (Lipinski definition) is 2. The molecule has 0 aliphatic carbocycles. The van der Waals surface area contributed by atoms with Gasteiger partial charge in [-0.25, -0.2) is 4.98 Å². The van der Waals surface area contributed by atoms with Crippen molar-refractivity contribution >= 4 is 21.7 Å². The zero-order valence-corrected chi connectivity index (χ0v) is 8.94. The normalized spacial score (nSPS) is 11.1. The molecule has 0 fully saturated rings. The molecule has 0 spiro atoms. The summed E-state index contributed by atoms with van der Waals surface area (Å²) in [6, 6.07) is 14.0. The van der Waals surface area contributed by atoms with E-state index in [9.17, 15) is 5.11 Å². The first-order valence-electron chi connectivity index (χ1n) is 5.23. The third-order valence-corrected chi connectivity index (χ3v) is 2.85. The minimum absolute atomic E-state index is 0.253. The van der Waals surface area contributed by atoms with Crippen molar-refractivity contribution in [2.24, 2.45) is 0 Å². The molecule has 2 nitrogen and oxygen atoms in total. The quantitative estimate of drug-likeness (QED) is 0.575. The van der Waals surface area contributed by atoms with E-state index in [2.05, 4.69) is 29.2 Å². The summed E-state index contributed by atoms with van der Waals surface area (Å²) in [5.41, 5.74) is 1.59. The second-order valence-electron chi connectivity index (χ2n) is 3.98. The van der Waals surface area contributed by atoms with E-state index in [1.807, 2.05) is 19.1 Å². The summed E-state index contributed by atoms with van der Waals surface area (Å²) >= 11 is 0. The fraction of sp³-hybridized carbons (Fsp3) is 0.0714. The van der Waals surface area contributed by atoms with Crippen LogP contribution in [0.15, 0.2) is 42.5 Å². The predicted molar refractivity (Wildman–Crippen MR) is 65.7 cm³/mol. The molecular formula is C14H11NO. The number of rotatable bonds is 0. The molecule has 0 saturated heterocycles. The first-order valence-corrected chi connectivity index (χ1v) is 5.23. The summed E-state index contributed by atoms with van der Waals surface area (Å²) in [6.45, 7) is 1.81. The topological polar surface area (TPSA) is 33.1 Å². The van der Waals surface area contributed by atoms with Gasteiger partial charge in [-0.1, -0.05) is 24.3 Å². The van der Waals surface area contributed by atoms with E-state index in [0.717, 1.165) is 10.9 Å². The minimum atomic E-state index is 0.253. The standard InChI is InChI=1S/C14H11NO/c1-9-14(16)8-12-6-10-4-2-3-5-11(10)7-13(12)15-9/h2-8,16H,1H3. The Morgan fingerprint density at radius 3 is 2.38 bits per heavy atom. The average molecular weight is 209 g/mol. The molecule has 3 rings (SSSR count). The molecule has 0 radical (unpaired) electrons. The number of hydrogen-bond donors (Lipinski definition) is 1. The van der Waals surface area contributed by atoms with E-state index < -0.39 is 0 Å². The molecule has 0 aliphatic rings. The number of fused-ring (bicyclic) bond motifs is 2. The lowest BCUT2D eigenvalue weighted by Crippen LogP contribution is -1.85. The SMILES string of the molecule is Cc1nc2cc3ccccc3cc2cc1O. The fourth-order valence-electron chi connectivity index (χ4n) is 1.95. The summed E-state index contributed by atoms with van der Waals surface area (Å²) in [6.07, 6.45) is 0. The van der Waals surface area contributed by atoms with Gasteiger partial charge in [-0.05, 0) is 35.9 Å². The van der Waals surface area contributed by atoms with Gasteiger partial charge < -0.3 is 5.11 Å². The molecule has 0 unspecified atom stereocenters. The van der Waals surface area contributed by atoms with Crippen molar-refractivity contribution in [3.05, 3.63) is 48.2 Å². The zero-order chi connectivity index (χ0) is 11.1. The van der Waals surface area contributed by atoms with Crippen LogP contribution in [0.25, 0.3) is 21.7 Å². The molecule has 1 heterocycles. The second-order valence-corrected chi connectivity index (χ2v) is 3.98. The van der Waals surface area contributed by atoms with E-state index in [1.165, 1.54) is 10.8 Å². The summed E-state index contributed by atoms with van der Waals surface area (Å²) < 4.78 is 0. The lowest BCUT2D eigenvalue weighted by molar-refractivity contribution is 0.469. The number of benzene rings is 2. The molecule has 0 saturated carbocycles. The Bertz CT molecular complexity index is 629. The van der Waals surface area contributed by atoms with Crippen LogP contribution >= 0.6 is 0 Å². The third-order valence-electron chi connectivity index (χ3n) is 2.85. The van der Waals surface area contributed by atoms with Crippen LogP contribution in [0.2, 0.25) is 0 Å². The Balaban J connectivity index is 2.46. The zero-order valence-electron chi connectivity index (χ0n) is 8.94. The molecule has 0 aliphatic heterocycles. The molecule has 0 amide bonds. The van der Waals surface area contributed by atoms with Gasteiger partial charge in [0.05, 0.1) is 11.2 Å². The van der Waals surface area contributed by atoms with Gasteiger partial charge in [-0.3, -0.25) is 0 Å². The lowest BCUT2D eigenvalue weighted by Gasteiger charge is -2.04. The molecule has 1 aromatic heterocycles. The Morgan fingerprint density at radius 2 is 1.62 bits per heavy atom. The van der Waals surface area contributed by atoms with Crippen LogP contribution in [0.4, 0.5) is 0 Å². The molecule has 3 aromatic rings. The highest BCUT2D eigenvalue weighted by Gasteiger charge is 2.03. The molecule has 1 N–H and O–H groups in total. The van der Waals surface area contributed by atoms with Crippen LogP contribution in [-0.4, -0.2) is 10.1 Å². The van der Waals surface area contributed by atoms with Crippen molar-refractivity contribution in [2.45, 2.75) is 6.92 Å². The van der Waals surface area contributed by atoms with Crippen LogP contribution in [0.1, 0.15) is 5.69 Å². The van der Waals surface area contributed by atoms with E-state index in [0.29, 0.717) is 5.69 Å². The van der Waals surface area contributed by atoms with Gasteiger partial charge in [-0.2, -0.15) is 0 Å². The summed E-state index contributed by atoms with van der Waals surface area (Å²) in [5.74, 6) is 0.253. The number of aromatic nitrogens is 1. The minimum Gasteiger partial charge on any atom is -0.506 e. The Labute approximate surface area is 93.2 Å². The van der Waals surface area contributed by atoms with Gasteiger partial charge in [0, 0.05) is 5.39 Å². The van der Waals surface area contributed by atoms with Crippen LogP contribution < -0.4 is 0 Å². The maximum absolute atomic E-state index is 9.63. The maximum Gasteiger partial charge on any atom is 0.137 e. The highest BCUT2D eigenvalue weighted by molar-refractivity contribution is 5.96. The second kappa shape index (κ2) is 3.20. The van der Waals surface area contributed by atoms with Crippen molar-refractivity contribution in [1.82, 2.24) is 4.98 Å². The Morgan fingerprint density at radius 1 is 0.938 bits per heavy atom. The Kier molecular flexibility index (Phi) is 1.83. The first-order chi connectivity index (χ1) is 7.74. The summed E-state index contributed by atoms with van der Waals surface area (Å²) in [5, 5.41) is 12.9. The largest absolute Gasteiger partial charge is 0.506 e. The van der Waals surface area contributed by atoms with Crippen molar-refractivity contribution in [3.8, 4) is 5.75 Å². The molecule has 0 bridgehead atoms. The van der Waals surface area contributed by atoms with Crippen molar-refractivity contribution in [2.75, 3.05) is 0 Å². The molecular weight excluding hydrogens is 198 g/mol. The number of nitrogens with zero attached hydrogens (tertiary/aromatic N) is 1. The smallest absolute Gasteiger partial charge is 0.137 e. The Hall–Kier alpha value is -2.09. The predicted octanol–water partition coefficient (Wildman–Crippen LogP) is 3.40. The highest BCUT2D eigenvalue weighted by atomic mass is 16.3. The third kappa shape index (κ3) is 1.31. The van der Waals surface area contributed by atoms with E-state index in [4.69, 9.17) is 0 Å². The number of pyridine rings is 1. The van der Waals surface area contributed by atoms with E-state index >= 15 is 0 Å². The molecule has 16 heavy (non-hydrogen) atoms. The molecule has 2 aromatic carbocycles. The van der Waals surface area contributed by atoms with Crippen LogP contribution in [0, 0.1) is 6.92 Å². The van der Waals surface area contributed by atoms with Crippen molar-refractivity contribution in [3.63, 3.8) is 0 Å². The summed E-state index contributed by atoms with van der Waals surface area (Å²) in [4.78, 5) is 4.38. The highest BCUT2D eigenvalue weighted by Crippen LogP contribution is 2.25. The average Bonchev–Trinajstić information content (AvgIpc) is 2.28. The van der Waals surface area contributed by atoms with Gasteiger partial charge in [0.1, 0.15) is 5.75 Å². The molecule has 2 heteroatoms. The van der Waals surface area contributed by atoms with Crippen molar-refractivity contribution in [1.29, 1.82) is 0 Å². The van der Waals surface area contributed by atoms with E-state index in [-0.39, 0.29) is 5.75 Å². The van der Waals surface area contributed by atoms with Crippen LogP contribution in [-0.2, 0) is 0 Å². The van der Waals surface area contributed by atoms with Gasteiger partial charge >= 0.3 is 0 Å². The lowest BCUT2D eigenvalue weighted by atomic mass is 10.1. The first kappa shape index (κ1) is 9.16. The molecule has 0 atom stereocenters. The van der Waals surface area contributed by atoms with Gasteiger partial charge in [0.2, 0.25) is 0 Å². The number of aryl methyl sites for hydroxylation is 1. The van der Waals surface area contributed by atoms with Gasteiger partial charge in [0.25, 0.3) is 0 Å². The molecule has 78 valence electrons. The van der Waals surface area contributed by atoms with Gasteiger partial charge in [-0.15, -0.1) is 0 Å². The van der Waals surface area contributed by atoms with Crippen LogP contribution in [0.5, 0.6) is 5.75 Å². The van der Waals surface area contributed by atoms with Crippen molar-refractivity contribution < 1.29 is 5.11 Å². The summed E-state index contributed by atoms with van der Waals surface area (Å²) in [7, 11) is 0. The monoisotopic (exact) mass is 209 g/mol. The fourth-order valence-corrected chi connectivity index (χ4v) is 1.95. The maximum atomic E-state index is 9.63. The van der Waals surface area contributed by atoms with E-state index in [1.54, 1.807) is 6.07 Å². The van der Waals surface area contributed by atoms with Gasteiger partial charge in [0.15, 0.2) is 0 Å². The number of aromatic hydroxyl groups is 1. The van der Waals surface area contributed by atoms with Crippen LogP contribution in [0.3, 0.4) is 0 Å².